The number of carbonyl (C=O) groups excluding carboxylic acids is 1. The van der Waals surface area contributed by atoms with Gasteiger partial charge >= 0.3 is 16.3 Å². The van der Waals surface area contributed by atoms with Crippen molar-refractivity contribution < 1.29 is 22.5 Å². The fraction of sp³-hybridized carbons (Fsp3) is 0.500. The van der Waals surface area contributed by atoms with Crippen LogP contribution in [0.25, 0.3) is 0 Å². The Hall–Kier alpha value is -1.64. The lowest BCUT2D eigenvalue weighted by molar-refractivity contribution is -0.144. The Morgan fingerprint density at radius 3 is 2.18 bits per heavy atom. The summed E-state index contributed by atoms with van der Waals surface area (Å²) < 4.78 is 38.8. The first-order valence-corrected chi connectivity index (χ1v) is 8.24. The average Bonchev–Trinajstić information content (AvgIpc) is 2.35. The van der Waals surface area contributed by atoms with Crippen LogP contribution in [0.4, 0.5) is 5.69 Å². The summed E-state index contributed by atoms with van der Waals surface area (Å²) in [6, 6.07) is 2.20. The van der Waals surface area contributed by atoms with Crippen LogP contribution < -0.4 is 10.0 Å². The summed E-state index contributed by atoms with van der Waals surface area (Å²) in [7, 11) is -4.70. The molecule has 0 spiro atoms. The molecule has 1 rings (SSSR count). The van der Waals surface area contributed by atoms with Crippen molar-refractivity contribution in [1.29, 1.82) is 0 Å². The molecule has 1 aromatic carbocycles. The van der Waals surface area contributed by atoms with Gasteiger partial charge in [-0.3, -0.25) is 4.55 Å². The number of nitrogens with zero attached hydrogens (tertiary/aromatic N) is 1. The summed E-state index contributed by atoms with van der Waals surface area (Å²) in [6.45, 7) is 6.64. The molecular formula is C14H22N2O5S. The molecule has 0 heterocycles. The van der Waals surface area contributed by atoms with E-state index in [-0.39, 0.29) is 18.8 Å². The maximum absolute atomic E-state index is 12.0. The number of hydrogen-bond donors (Lipinski definition) is 2. The molecule has 0 aliphatic heterocycles. The second kappa shape index (κ2) is 7.08. The Bertz CT molecular complexity index is 634. The molecule has 0 aliphatic rings. The van der Waals surface area contributed by atoms with Crippen LogP contribution in [-0.4, -0.2) is 38.1 Å². The Kier molecular flexibility index (Phi) is 5.92. The van der Waals surface area contributed by atoms with Crippen molar-refractivity contribution in [2.45, 2.75) is 33.7 Å². The Balaban J connectivity index is 3.52. The minimum atomic E-state index is -4.70. The van der Waals surface area contributed by atoms with Crippen LogP contribution in [0.3, 0.4) is 0 Å². The fourth-order valence-corrected chi connectivity index (χ4v) is 3.49. The molecular weight excluding hydrogens is 308 g/mol. The van der Waals surface area contributed by atoms with Gasteiger partial charge in [-0.25, -0.2) is 9.10 Å². The van der Waals surface area contributed by atoms with Gasteiger partial charge < -0.3 is 10.5 Å². The number of aryl methyl sites for hydroxylation is 3. The van der Waals surface area contributed by atoms with E-state index < -0.39 is 22.3 Å². The molecule has 124 valence electrons. The molecule has 0 aromatic heterocycles. The zero-order valence-corrected chi connectivity index (χ0v) is 14.0. The van der Waals surface area contributed by atoms with Crippen LogP contribution in [0.15, 0.2) is 12.1 Å². The van der Waals surface area contributed by atoms with E-state index >= 15 is 0 Å². The fourth-order valence-electron chi connectivity index (χ4n) is 2.48. The summed E-state index contributed by atoms with van der Waals surface area (Å²) in [6.07, 6.45) is 0. The standard InChI is InChI=1S/C14H22N2O5S/c1-5-21-14(17)12(8-15)16(22(18,19)20)13-10(3)6-9(2)7-11(13)4/h6-7,12H,5,8,15H2,1-4H3,(H,18,19,20)/t12-/m0/s1. The van der Waals surface area contributed by atoms with Crippen LogP contribution in [0.2, 0.25) is 0 Å². The maximum atomic E-state index is 12.0. The minimum Gasteiger partial charge on any atom is -0.464 e. The first-order chi connectivity index (χ1) is 10.1. The van der Waals surface area contributed by atoms with Crippen molar-refractivity contribution >= 4 is 22.0 Å². The van der Waals surface area contributed by atoms with Gasteiger partial charge in [0.05, 0.1) is 12.3 Å². The zero-order valence-electron chi connectivity index (χ0n) is 13.2. The van der Waals surface area contributed by atoms with Crippen molar-refractivity contribution in [3.05, 3.63) is 28.8 Å². The molecule has 1 atom stereocenters. The minimum absolute atomic E-state index is 0.0838. The van der Waals surface area contributed by atoms with Gasteiger partial charge in [0.25, 0.3) is 0 Å². The first kappa shape index (κ1) is 18.4. The highest BCUT2D eigenvalue weighted by atomic mass is 32.2. The molecule has 22 heavy (non-hydrogen) atoms. The lowest BCUT2D eigenvalue weighted by Crippen LogP contribution is -2.50. The maximum Gasteiger partial charge on any atom is 0.360 e. The van der Waals surface area contributed by atoms with Gasteiger partial charge in [-0.15, -0.1) is 0 Å². The van der Waals surface area contributed by atoms with Gasteiger partial charge in [-0.05, 0) is 38.8 Å². The van der Waals surface area contributed by atoms with Crippen molar-refractivity contribution in [3.8, 4) is 0 Å². The number of benzene rings is 1. The van der Waals surface area contributed by atoms with Crippen molar-refractivity contribution in [1.82, 2.24) is 0 Å². The van der Waals surface area contributed by atoms with Crippen LogP contribution in [-0.2, 0) is 19.8 Å². The summed E-state index contributed by atoms with van der Waals surface area (Å²) in [5.41, 5.74) is 7.94. The van der Waals surface area contributed by atoms with E-state index in [0.29, 0.717) is 15.4 Å². The number of nitrogens with two attached hydrogens (primary N) is 1. The van der Waals surface area contributed by atoms with Crippen LogP contribution in [0.5, 0.6) is 0 Å². The third-order valence-electron chi connectivity index (χ3n) is 3.17. The molecule has 8 heteroatoms. The number of ether oxygens (including phenoxy) is 1. The summed E-state index contributed by atoms with van der Waals surface area (Å²) >= 11 is 0. The van der Waals surface area contributed by atoms with Gasteiger partial charge in [-0.1, -0.05) is 17.7 Å². The smallest absolute Gasteiger partial charge is 0.360 e. The SMILES string of the molecule is CCOC(=O)[C@H](CN)N(c1c(C)cc(C)cc1C)S(=O)(=O)O. The average molecular weight is 330 g/mol. The van der Waals surface area contributed by atoms with Crippen molar-refractivity contribution in [2.24, 2.45) is 5.73 Å². The predicted molar refractivity (Wildman–Crippen MR) is 84.2 cm³/mol. The molecule has 0 fully saturated rings. The monoisotopic (exact) mass is 330 g/mol. The van der Waals surface area contributed by atoms with Gasteiger partial charge in [0, 0.05) is 6.54 Å². The second-order valence-corrected chi connectivity index (χ2v) is 6.31. The normalized spacial score (nSPS) is 12.8. The highest BCUT2D eigenvalue weighted by Crippen LogP contribution is 2.30. The van der Waals surface area contributed by atoms with Crippen molar-refractivity contribution in [3.63, 3.8) is 0 Å². The van der Waals surface area contributed by atoms with E-state index in [4.69, 9.17) is 10.5 Å². The molecule has 0 saturated carbocycles. The summed E-state index contributed by atoms with van der Waals surface area (Å²) in [5.74, 6) is -0.804. The molecule has 0 aliphatic carbocycles. The lowest BCUT2D eigenvalue weighted by atomic mass is 10.0. The quantitative estimate of drug-likeness (QED) is 0.597. The van der Waals surface area contributed by atoms with E-state index in [1.807, 2.05) is 6.92 Å². The van der Waals surface area contributed by atoms with Crippen LogP contribution in [0.1, 0.15) is 23.6 Å². The molecule has 0 unspecified atom stereocenters. The van der Waals surface area contributed by atoms with Gasteiger partial charge in [-0.2, -0.15) is 8.42 Å². The van der Waals surface area contributed by atoms with E-state index in [9.17, 15) is 17.8 Å². The van der Waals surface area contributed by atoms with E-state index in [1.165, 1.54) is 0 Å². The molecule has 7 nitrogen and oxygen atoms in total. The number of carbonyl (C=O) groups is 1. The summed E-state index contributed by atoms with van der Waals surface area (Å²) in [4.78, 5) is 12.0. The van der Waals surface area contributed by atoms with Crippen LogP contribution in [0, 0.1) is 20.8 Å². The third-order valence-corrected chi connectivity index (χ3v) is 4.10. The number of rotatable bonds is 6. The molecule has 0 amide bonds. The molecule has 3 N–H and O–H groups in total. The highest BCUT2D eigenvalue weighted by Gasteiger charge is 2.36. The lowest BCUT2D eigenvalue weighted by Gasteiger charge is -2.30. The van der Waals surface area contributed by atoms with E-state index in [1.54, 1.807) is 32.9 Å². The molecule has 1 aromatic rings. The number of hydrogen-bond acceptors (Lipinski definition) is 5. The van der Waals surface area contributed by atoms with E-state index in [2.05, 4.69) is 0 Å². The number of anilines is 1. The zero-order chi connectivity index (χ0) is 17.1. The second-order valence-electron chi connectivity index (χ2n) is 5.02. The van der Waals surface area contributed by atoms with Gasteiger partial charge in [0.2, 0.25) is 0 Å². The molecule has 0 saturated heterocycles. The molecule has 0 bridgehead atoms. The predicted octanol–water partition coefficient (Wildman–Crippen LogP) is 1.11. The summed E-state index contributed by atoms with van der Waals surface area (Å²) in [5, 5.41) is 0. The highest BCUT2D eigenvalue weighted by molar-refractivity contribution is 7.87. The molecule has 0 radical (unpaired) electrons. The number of esters is 1. The van der Waals surface area contributed by atoms with Gasteiger partial charge in [0.1, 0.15) is 0 Å². The Labute approximate surface area is 130 Å². The third kappa shape index (κ3) is 3.96. The topological polar surface area (TPSA) is 110 Å². The van der Waals surface area contributed by atoms with Gasteiger partial charge in [0.15, 0.2) is 6.04 Å². The largest absolute Gasteiger partial charge is 0.464 e. The Morgan fingerprint density at radius 1 is 1.32 bits per heavy atom. The van der Waals surface area contributed by atoms with Crippen molar-refractivity contribution in [2.75, 3.05) is 17.5 Å². The first-order valence-electron chi connectivity index (χ1n) is 6.84. The van der Waals surface area contributed by atoms with E-state index in [0.717, 1.165) is 5.56 Å². The Morgan fingerprint density at radius 2 is 1.82 bits per heavy atom. The van der Waals surface area contributed by atoms with Crippen LogP contribution >= 0.6 is 0 Å².